The van der Waals surface area contributed by atoms with Crippen LogP contribution in [0.4, 0.5) is 4.39 Å². The summed E-state index contributed by atoms with van der Waals surface area (Å²) in [6.07, 6.45) is 4.95. The number of carbonyl (C=O) groups excluding carboxylic acids is 1. The van der Waals surface area contributed by atoms with Crippen molar-refractivity contribution in [1.29, 1.82) is 0 Å². The van der Waals surface area contributed by atoms with Gasteiger partial charge in [0.25, 0.3) is 0 Å². The summed E-state index contributed by atoms with van der Waals surface area (Å²) in [5.41, 5.74) is 0.282. The predicted molar refractivity (Wildman–Crippen MR) is 91.0 cm³/mol. The zero-order chi connectivity index (χ0) is 17.6. The molecule has 1 amide bonds. The van der Waals surface area contributed by atoms with Crippen LogP contribution < -0.4 is 5.32 Å². The van der Waals surface area contributed by atoms with Gasteiger partial charge in [0.2, 0.25) is 17.6 Å². The van der Waals surface area contributed by atoms with Gasteiger partial charge in [0.05, 0.1) is 12.1 Å². The fourth-order valence-corrected chi connectivity index (χ4v) is 3.15. The number of nitrogens with one attached hydrogen (secondary N) is 1. The van der Waals surface area contributed by atoms with E-state index in [0.717, 1.165) is 19.4 Å². The molecule has 25 heavy (non-hydrogen) atoms. The largest absolute Gasteiger partial charge is 0.347 e. The summed E-state index contributed by atoms with van der Waals surface area (Å²) in [6, 6.07) is 6.72. The van der Waals surface area contributed by atoms with Crippen LogP contribution in [0.3, 0.4) is 0 Å². The molecule has 1 saturated heterocycles. The van der Waals surface area contributed by atoms with E-state index in [-0.39, 0.29) is 29.7 Å². The lowest BCUT2D eigenvalue weighted by Crippen LogP contribution is -2.37. The number of aromatic nitrogens is 2. The maximum atomic E-state index is 13.7. The second-order valence-electron chi connectivity index (χ2n) is 6.44. The van der Waals surface area contributed by atoms with E-state index >= 15 is 0 Å². The van der Waals surface area contributed by atoms with Crippen LogP contribution in [0.2, 0.25) is 0 Å². The highest BCUT2D eigenvalue weighted by Gasteiger charge is 2.19. The maximum Gasteiger partial charge on any atom is 0.246 e. The number of carbonyl (C=O) groups is 1. The molecule has 1 aromatic heterocycles. The summed E-state index contributed by atoms with van der Waals surface area (Å²) in [4.78, 5) is 18.5. The maximum absolute atomic E-state index is 13.7. The van der Waals surface area contributed by atoms with Crippen LogP contribution in [0.15, 0.2) is 28.8 Å². The highest BCUT2D eigenvalue weighted by molar-refractivity contribution is 5.75. The first-order valence-corrected chi connectivity index (χ1v) is 8.68. The first kappa shape index (κ1) is 17.5. The molecular formula is C18H23FN4O2. The Hall–Kier alpha value is -2.28. The number of benzene rings is 1. The molecule has 3 rings (SSSR count). The average Bonchev–Trinajstić information content (AvgIpc) is 3.08. The number of piperidine rings is 1. The van der Waals surface area contributed by atoms with Crippen molar-refractivity contribution >= 4 is 5.91 Å². The second-order valence-corrected chi connectivity index (χ2v) is 6.44. The van der Waals surface area contributed by atoms with E-state index in [1.165, 1.54) is 18.9 Å². The van der Waals surface area contributed by atoms with E-state index in [1.54, 1.807) is 18.2 Å². The third-order valence-corrected chi connectivity index (χ3v) is 4.65. The van der Waals surface area contributed by atoms with E-state index < -0.39 is 5.82 Å². The van der Waals surface area contributed by atoms with Crippen molar-refractivity contribution in [2.45, 2.75) is 44.7 Å². The van der Waals surface area contributed by atoms with Crippen LogP contribution >= 0.6 is 0 Å². The number of hydrogen-bond donors (Lipinski definition) is 1. The van der Waals surface area contributed by atoms with E-state index in [9.17, 15) is 9.18 Å². The lowest BCUT2D eigenvalue weighted by atomic mass is 9.98. The molecule has 134 valence electrons. The minimum Gasteiger partial charge on any atom is -0.347 e. The number of halogens is 1. The summed E-state index contributed by atoms with van der Waals surface area (Å²) in [5.74, 6) is 0.00710. The van der Waals surface area contributed by atoms with Gasteiger partial charge in [-0.15, -0.1) is 0 Å². The molecule has 1 aromatic carbocycles. The highest BCUT2D eigenvalue weighted by atomic mass is 19.1. The molecule has 6 nitrogen and oxygen atoms in total. The zero-order valence-electron chi connectivity index (χ0n) is 14.4. The van der Waals surface area contributed by atoms with Gasteiger partial charge >= 0.3 is 0 Å². The van der Waals surface area contributed by atoms with Crippen molar-refractivity contribution in [3.63, 3.8) is 0 Å². The first-order valence-electron chi connectivity index (χ1n) is 8.68. The molecule has 2 aromatic rings. The number of nitrogens with zero attached hydrogens (tertiary/aromatic N) is 3. The standard InChI is InChI=1S/C18H23FN4O2/c1-23-11-5-4-6-13(23)9-10-16(24)20-12-17-21-18(22-25-17)14-7-2-3-8-15(14)19/h2-3,7-8,13H,4-6,9-12H2,1H3,(H,20,24)/t13-/m0/s1. The Morgan fingerprint density at radius 3 is 3.04 bits per heavy atom. The average molecular weight is 346 g/mol. The van der Waals surface area contributed by atoms with E-state index in [2.05, 4.69) is 27.4 Å². The van der Waals surface area contributed by atoms with Crippen molar-refractivity contribution in [3.8, 4) is 11.4 Å². The number of rotatable bonds is 6. The van der Waals surface area contributed by atoms with E-state index in [0.29, 0.717) is 12.5 Å². The summed E-state index contributed by atoms with van der Waals surface area (Å²) in [6.45, 7) is 1.26. The van der Waals surface area contributed by atoms with E-state index in [4.69, 9.17) is 4.52 Å². The van der Waals surface area contributed by atoms with Gasteiger partial charge in [0.1, 0.15) is 5.82 Å². The van der Waals surface area contributed by atoms with E-state index in [1.807, 2.05) is 0 Å². The normalized spacial score (nSPS) is 18.2. The van der Waals surface area contributed by atoms with Gasteiger partial charge < -0.3 is 14.7 Å². The number of likely N-dealkylation sites (tertiary alicyclic amines) is 1. The summed E-state index contributed by atoms with van der Waals surface area (Å²) >= 11 is 0. The van der Waals surface area contributed by atoms with Gasteiger partial charge in [-0.3, -0.25) is 4.79 Å². The molecule has 2 heterocycles. The molecule has 0 radical (unpaired) electrons. The van der Waals surface area contributed by atoms with Crippen LogP contribution in [-0.4, -0.2) is 40.6 Å². The lowest BCUT2D eigenvalue weighted by Gasteiger charge is -2.32. The smallest absolute Gasteiger partial charge is 0.246 e. The summed E-state index contributed by atoms with van der Waals surface area (Å²) < 4.78 is 18.8. The molecular weight excluding hydrogens is 323 g/mol. The van der Waals surface area contributed by atoms with Crippen LogP contribution in [0.25, 0.3) is 11.4 Å². The van der Waals surface area contributed by atoms with Crippen molar-refractivity contribution in [1.82, 2.24) is 20.4 Å². The lowest BCUT2D eigenvalue weighted by molar-refractivity contribution is -0.121. The van der Waals surface area contributed by atoms with Gasteiger partial charge in [-0.25, -0.2) is 4.39 Å². The Labute approximate surface area is 146 Å². The molecule has 0 aliphatic carbocycles. The molecule has 7 heteroatoms. The highest BCUT2D eigenvalue weighted by Crippen LogP contribution is 2.20. The van der Waals surface area contributed by atoms with Crippen LogP contribution in [-0.2, 0) is 11.3 Å². The fourth-order valence-electron chi connectivity index (χ4n) is 3.15. The van der Waals surface area contributed by atoms with Crippen molar-refractivity contribution < 1.29 is 13.7 Å². The van der Waals surface area contributed by atoms with Crippen LogP contribution in [0, 0.1) is 5.82 Å². The minimum atomic E-state index is -0.407. The summed E-state index contributed by atoms with van der Waals surface area (Å²) in [7, 11) is 2.12. The molecule has 0 unspecified atom stereocenters. The van der Waals surface area contributed by atoms with Crippen LogP contribution in [0.1, 0.15) is 38.0 Å². The van der Waals surface area contributed by atoms with Gasteiger partial charge in [-0.05, 0) is 45.0 Å². The minimum absolute atomic E-state index is 0.0374. The molecule has 0 spiro atoms. The van der Waals surface area contributed by atoms with Crippen molar-refractivity contribution in [2.75, 3.05) is 13.6 Å². The molecule has 0 bridgehead atoms. The van der Waals surface area contributed by atoms with Crippen molar-refractivity contribution in [2.24, 2.45) is 0 Å². The molecule has 1 atom stereocenters. The molecule has 1 aliphatic heterocycles. The predicted octanol–water partition coefficient (Wildman–Crippen LogP) is 2.76. The topological polar surface area (TPSA) is 71.3 Å². The molecule has 0 saturated carbocycles. The third-order valence-electron chi connectivity index (χ3n) is 4.65. The third kappa shape index (κ3) is 4.63. The second kappa shape index (κ2) is 8.20. The molecule has 1 N–H and O–H groups in total. The van der Waals surface area contributed by atoms with Gasteiger partial charge in [0, 0.05) is 12.5 Å². The van der Waals surface area contributed by atoms with Gasteiger partial charge in [-0.2, -0.15) is 4.98 Å². The fraction of sp³-hybridized carbons (Fsp3) is 0.500. The first-order chi connectivity index (χ1) is 12.1. The number of amides is 1. The zero-order valence-corrected chi connectivity index (χ0v) is 14.4. The Bertz CT molecular complexity index is 719. The van der Waals surface area contributed by atoms with Crippen LogP contribution in [0.5, 0.6) is 0 Å². The van der Waals surface area contributed by atoms with Crippen molar-refractivity contribution in [3.05, 3.63) is 36.0 Å². The quantitative estimate of drug-likeness (QED) is 0.871. The Morgan fingerprint density at radius 2 is 2.24 bits per heavy atom. The Morgan fingerprint density at radius 1 is 1.40 bits per heavy atom. The molecule has 1 fully saturated rings. The van der Waals surface area contributed by atoms with Gasteiger partial charge in [0.15, 0.2) is 0 Å². The summed E-state index contributed by atoms with van der Waals surface area (Å²) in [5, 5.41) is 6.56. The Balaban J connectivity index is 1.47. The van der Waals surface area contributed by atoms with Gasteiger partial charge in [-0.1, -0.05) is 23.7 Å². The number of hydrogen-bond acceptors (Lipinski definition) is 5. The SMILES string of the molecule is CN1CCCC[C@H]1CCC(=O)NCc1nc(-c2ccccc2F)no1. The molecule has 1 aliphatic rings. The Kier molecular flexibility index (Phi) is 5.75. The monoisotopic (exact) mass is 346 g/mol.